The third-order valence-corrected chi connectivity index (χ3v) is 5.88. The van der Waals surface area contributed by atoms with Crippen molar-refractivity contribution in [2.45, 2.75) is 46.1 Å². The number of halogens is 1. The molecule has 8 heteroatoms. The van der Waals surface area contributed by atoms with Gasteiger partial charge in [-0.1, -0.05) is 0 Å². The van der Waals surface area contributed by atoms with Gasteiger partial charge in [0.25, 0.3) is 0 Å². The molecule has 1 aromatic rings. The predicted octanol–water partition coefficient (Wildman–Crippen LogP) is 3.06. The minimum atomic E-state index is 0. The molecule has 2 heterocycles. The molecule has 1 N–H and O–H groups in total. The summed E-state index contributed by atoms with van der Waals surface area (Å²) in [5.41, 5.74) is 1.00. The molecule has 29 heavy (non-hydrogen) atoms. The number of aromatic nitrogens is 1. The van der Waals surface area contributed by atoms with Crippen molar-refractivity contribution < 1.29 is 9.15 Å². The Morgan fingerprint density at radius 2 is 1.97 bits per heavy atom. The third kappa shape index (κ3) is 8.05. The monoisotopic (exact) mass is 519 g/mol. The Balaban J connectivity index is 0.00000300. The van der Waals surface area contributed by atoms with E-state index in [0.717, 1.165) is 75.2 Å². The average Bonchev–Trinajstić information content (AvgIpc) is 3.45. The summed E-state index contributed by atoms with van der Waals surface area (Å²) in [6, 6.07) is 0. The number of likely N-dealkylation sites (N-methyl/N-ethyl adjacent to an activating group) is 1. The predicted molar refractivity (Wildman–Crippen MR) is 127 cm³/mol. The number of nitrogens with zero attached hydrogens (tertiary/aromatic N) is 4. The Hall–Kier alpha value is -0.870. The van der Waals surface area contributed by atoms with Crippen LogP contribution in [0, 0.1) is 25.7 Å². The van der Waals surface area contributed by atoms with Crippen LogP contribution < -0.4 is 5.32 Å². The Morgan fingerprint density at radius 3 is 2.55 bits per heavy atom. The summed E-state index contributed by atoms with van der Waals surface area (Å²) in [6.45, 7) is 10.5. The van der Waals surface area contributed by atoms with E-state index < -0.39 is 0 Å². The highest BCUT2D eigenvalue weighted by Crippen LogP contribution is 2.28. The fraction of sp³-hybridized carbons (Fsp3) is 0.810. The van der Waals surface area contributed by atoms with Gasteiger partial charge in [0.1, 0.15) is 5.76 Å². The molecule has 166 valence electrons. The topological polar surface area (TPSA) is 66.1 Å². The number of oxazole rings is 1. The summed E-state index contributed by atoms with van der Waals surface area (Å²) in [5.74, 6) is 4.24. The van der Waals surface area contributed by atoms with Crippen molar-refractivity contribution in [1.29, 1.82) is 0 Å². The standard InChI is InChI=1S/C21H37N5O2.HI/c1-16-17(2)28-20(24-16)14-26-9-7-18(8-10-26)13-23-21(22-3)25(4)11-12-27-15-19-5-6-19;/h18-19H,5-15H2,1-4H3,(H,22,23);1H. The first kappa shape index (κ1) is 24.4. The Labute approximate surface area is 192 Å². The molecule has 2 fully saturated rings. The molecule has 1 aliphatic carbocycles. The molecule has 2 aliphatic rings. The minimum Gasteiger partial charge on any atom is -0.444 e. The summed E-state index contributed by atoms with van der Waals surface area (Å²) < 4.78 is 11.5. The summed E-state index contributed by atoms with van der Waals surface area (Å²) in [6.07, 6.45) is 5.07. The zero-order valence-corrected chi connectivity index (χ0v) is 20.8. The van der Waals surface area contributed by atoms with Crippen LogP contribution in [-0.2, 0) is 11.3 Å². The van der Waals surface area contributed by atoms with E-state index in [1.165, 1.54) is 25.7 Å². The number of hydrogen-bond acceptors (Lipinski definition) is 5. The summed E-state index contributed by atoms with van der Waals surface area (Å²) in [4.78, 5) is 13.5. The molecule has 0 spiro atoms. The van der Waals surface area contributed by atoms with Gasteiger partial charge in [-0.2, -0.15) is 0 Å². The molecule has 7 nitrogen and oxygen atoms in total. The maximum atomic E-state index is 5.74. The van der Waals surface area contributed by atoms with E-state index in [1.807, 2.05) is 20.9 Å². The number of nitrogens with one attached hydrogen (secondary N) is 1. The number of hydrogen-bond donors (Lipinski definition) is 1. The van der Waals surface area contributed by atoms with Crippen LogP contribution in [0.5, 0.6) is 0 Å². The number of aryl methyl sites for hydroxylation is 2. The van der Waals surface area contributed by atoms with Crippen molar-refractivity contribution in [1.82, 2.24) is 20.1 Å². The lowest BCUT2D eigenvalue weighted by molar-refractivity contribution is 0.115. The molecule has 0 bridgehead atoms. The Kier molecular flexibility index (Phi) is 10.2. The van der Waals surface area contributed by atoms with Crippen molar-refractivity contribution in [2.75, 3.05) is 53.5 Å². The van der Waals surface area contributed by atoms with E-state index >= 15 is 0 Å². The SMILES string of the molecule is CN=C(NCC1CCN(Cc2nc(C)c(C)o2)CC1)N(C)CCOCC1CC1.I. The van der Waals surface area contributed by atoms with Gasteiger partial charge in [-0.25, -0.2) is 4.98 Å². The summed E-state index contributed by atoms with van der Waals surface area (Å²) in [5, 5.41) is 3.55. The molecule has 0 atom stereocenters. The molecule has 1 aromatic heterocycles. The third-order valence-electron chi connectivity index (χ3n) is 5.88. The van der Waals surface area contributed by atoms with Crippen LogP contribution >= 0.6 is 24.0 Å². The number of rotatable bonds is 9. The first-order chi connectivity index (χ1) is 13.5. The lowest BCUT2D eigenvalue weighted by Gasteiger charge is -2.32. The highest BCUT2D eigenvalue weighted by Gasteiger charge is 2.22. The van der Waals surface area contributed by atoms with E-state index in [2.05, 4.69) is 32.1 Å². The van der Waals surface area contributed by atoms with Crippen LogP contribution in [0.4, 0.5) is 0 Å². The molecule has 1 saturated heterocycles. The number of guanidine groups is 1. The highest BCUT2D eigenvalue weighted by molar-refractivity contribution is 14.0. The first-order valence-electron chi connectivity index (χ1n) is 10.7. The highest BCUT2D eigenvalue weighted by atomic mass is 127. The first-order valence-corrected chi connectivity index (χ1v) is 10.7. The van der Waals surface area contributed by atoms with E-state index in [4.69, 9.17) is 9.15 Å². The molecule has 1 aliphatic heterocycles. The van der Waals surface area contributed by atoms with Crippen LogP contribution in [0.15, 0.2) is 9.41 Å². The zero-order chi connectivity index (χ0) is 19.9. The van der Waals surface area contributed by atoms with E-state index in [9.17, 15) is 0 Å². The molecule has 0 amide bonds. The van der Waals surface area contributed by atoms with Crippen LogP contribution in [-0.4, -0.2) is 74.2 Å². The van der Waals surface area contributed by atoms with Crippen LogP contribution in [0.3, 0.4) is 0 Å². The second kappa shape index (κ2) is 12.1. The van der Waals surface area contributed by atoms with Crippen molar-refractivity contribution in [2.24, 2.45) is 16.8 Å². The molecular formula is C21H38IN5O2. The summed E-state index contributed by atoms with van der Waals surface area (Å²) in [7, 11) is 3.94. The number of aliphatic imine (C=N–C) groups is 1. The molecule has 3 rings (SSSR count). The van der Waals surface area contributed by atoms with Gasteiger partial charge in [0.05, 0.1) is 18.8 Å². The summed E-state index contributed by atoms with van der Waals surface area (Å²) >= 11 is 0. The van der Waals surface area contributed by atoms with E-state index in [-0.39, 0.29) is 24.0 Å². The van der Waals surface area contributed by atoms with E-state index in [0.29, 0.717) is 5.92 Å². The quantitative estimate of drug-likeness (QED) is 0.234. The number of piperidine rings is 1. The van der Waals surface area contributed by atoms with Crippen molar-refractivity contribution in [3.63, 3.8) is 0 Å². The molecule has 0 aromatic carbocycles. The Morgan fingerprint density at radius 1 is 1.24 bits per heavy atom. The maximum absolute atomic E-state index is 5.74. The van der Waals surface area contributed by atoms with Gasteiger partial charge in [0.2, 0.25) is 5.89 Å². The molecular weight excluding hydrogens is 481 g/mol. The van der Waals surface area contributed by atoms with Crippen LogP contribution in [0.25, 0.3) is 0 Å². The smallest absolute Gasteiger partial charge is 0.208 e. The average molecular weight is 519 g/mol. The van der Waals surface area contributed by atoms with E-state index in [1.54, 1.807) is 0 Å². The number of ether oxygens (including phenoxy) is 1. The Bertz CT molecular complexity index is 620. The zero-order valence-electron chi connectivity index (χ0n) is 18.4. The second-order valence-electron chi connectivity index (χ2n) is 8.34. The lowest BCUT2D eigenvalue weighted by atomic mass is 9.97. The minimum absolute atomic E-state index is 0. The van der Waals surface area contributed by atoms with Gasteiger partial charge in [-0.15, -0.1) is 24.0 Å². The van der Waals surface area contributed by atoms with Gasteiger partial charge in [0.15, 0.2) is 5.96 Å². The van der Waals surface area contributed by atoms with Gasteiger partial charge in [0, 0.05) is 33.8 Å². The fourth-order valence-corrected chi connectivity index (χ4v) is 3.61. The second-order valence-corrected chi connectivity index (χ2v) is 8.34. The van der Waals surface area contributed by atoms with Crippen molar-refractivity contribution in [3.05, 3.63) is 17.3 Å². The number of likely N-dealkylation sites (tertiary alicyclic amines) is 1. The normalized spacial score (nSPS) is 18.6. The molecule has 0 radical (unpaired) electrons. The largest absolute Gasteiger partial charge is 0.444 e. The maximum Gasteiger partial charge on any atom is 0.208 e. The van der Waals surface area contributed by atoms with Gasteiger partial charge in [-0.3, -0.25) is 9.89 Å². The molecule has 0 unspecified atom stereocenters. The van der Waals surface area contributed by atoms with Gasteiger partial charge in [-0.05, 0) is 64.5 Å². The van der Waals surface area contributed by atoms with Crippen LogP contribution in [0.1, 0.15) is 43.0 Å². The van der Waals surface area contributed by atoms with Crippen LogP contribution in [0.2, 0.25) is 0 Å². The lowest BCUT2D eigenvalue weighted by Crippen LogP contribution is -2.44. The molecule has 1 saturated carbocycles. The van der Waals surface area contributed by atoms with Crippen molar-refractivity contribution >= 4 is 29.9 Å². The van der Waals surface area contributed by atoms with Gasteiger partial charge < -0.3 is 19.4 Å². The fourth-order valence-electron chi connectivity index (χ4n) is 3.61. The van der Waals surface area contributed by atoms with Gasteiger partial charge >= 0.3 is 0 Å². The van der Waals surface area contributed by atoms with Crippen molar-refractivity contribution in [3.8, 4) is 0 Å².